The smallest absolute Gasteiger partial charge is 0.351 e. The van der Waals surface area contributed by atoms with E-state index < -0.39 is 11.6 Å². The number of benzene rings is 3. The van der Waals surface area contributed by atoms with Crippen LogP contribution < -0.4 is 20.5 Å². The fourth-order valence-corrected chi connectivity index (χ4v) is 3.74. The molecular formula is C29H22O7. The normalized spacial score (nSPS) is 11.5. The van der Waals surface area contributed by atoms with Crippen LogP contribution in [0.15, 0.2) is 97.5 Å². The van der Waals surface area contributed by atoms with Gasteiger partial charge in [0.15, 0.2) is 0 Å². The van der Waals surface area contributed by atoms with E-state index in [1.54, 1.807) is 36.4 Å². The summed E-state index contributed by atoms with van der Waals surface area (Å²) in [5, 5.41) is 0.845. The van der Waals surface area contributed by atoms with Crippen molar-refractivity contribution < 1.29 is 23.1 Å². The Kier molecular flexibility index (Phi) is 5.68. The van der Waals surface area contributed by atoms with Gasteiger partial charge in [0, 0.05) is 11.5 Å². The Hall–Kier alpha value is -4.65. The molecule has 0 bridgehead atoms. The molecule has 180 valence electrons. The summed E-state index contributed by atoms with van der Waals surface area (Å²) in [6, 6.07) is 20.1. The summed E-state index contributed by atoms with van der Waals surface area (Å²) in [5.74, 6) is -0.233. The highest BCUT2D eigenvalue weighted by atomic mass is 16.5. The zero-order valence-corrected chi connectivity index (χ0v) is 19.9. The molecule has 3 aromatic carbocycles. The van der Waals surface area contributed by atoms with Gasteiger partial charge in [-0.15, -0.1) is 0 Å². The van der Waals surface area contributed by atoms with Gasteiger partial charge in [-0.3, -0.25) is 4.79 Å². The lowest BCUT2D eigenvalue weighted by atomic mass is 9.87. The Morgan fingerprint density at radius 1 is 0.833 bits per heavy atom. The third-order valence-electron chi connectivity index (χ3n) is 5.73. The van der Waals surface area contributed by atoms with E-state index in [0.717, 1.165) is 5.56 Å². The Morgan fingerprint density at radius 2 is 1.56 bits per heavy atom. The molecule has 2 aromatic heterocycles. The number of ether oxygens (including phenoxy) is 2. The van der Waals surface area contributed by atoms with Crippen LogP contribution in [0.2, 0.25) is 0 Å². The van der Waals surface area contributed by atoms with Crippen molar-refractivity contribution in [3.8, 4) is 17.2 Å². The summed E-state index contributed by atoms with van der Waals surface area (Å²) in [6.45, 7) is 6.34. The second kappa shape index (κ2) is 8.85. The molecule has 0 atom stereocenters. The van der Waals surface area contributed by atoms with Gasteiger partial charge in [-0.25, -0.2) is 9.59 Å². The quantitative estimate of drug-likeness (QED) is 0.171. The maximum atomic E-state index is 12.9. The van der Waals surface area contributed by atoms with Crippen LogP contribution in [0.3, 0.4) is 0 Å². The first-order valence-electron chi connectivity index (χ1n) is 11.3. The van der Waals surface area contributed by atoms with Crippen molar-refractivity contribution in [1.82, 2.24) is 0 Å². The number of esters is 1. The number of carbonyl (C=O) groups is 1. The topological polar surface area (TPSA) is 95.9 Å². The fraction of sp³-hybridized carbons (Fsp3) is 0.138. The van der Waals surface area contributed by atoms with E-state index in [1.165, 1.54) is 30.5 Å². The van der Waals surface area contributed by atoms with Crippen molar-refractivity contribution in [1.29, 1.82) is 0 Å². The van der Waals surface area contributed by atoms with Gasteiger partial charge < -0.3 is 18.3 Å². The predicted octanol–water partition coefficient (Wildman–Crippen LogP) is 6.21. The van der Waals surface area contributed by atoms with Gasteiger partial charge in [0.1, 0.15) is 34.5 Å². The van der Waals surface area contributed by atoms with E-state index in [4.69, 9.17) is 18.3 Å². The summed E-state index contributed by atoms with van der Waals surface area (Å²) in [4.78, 5) is 37.8. The van der Waals surface area contributed by atoms with Crippen LogP contribution >= 0.6 is 0 Å². The molecule has 0 saturated carbocycles. The van der Waals surface area contributed by atoms with Crippen molar-refractivity contribution in [2.24, 2.45) is 0 Å². The van der Waals surface area contributed by atoms with Crippen molar-refractivity contribution in [3.05, 3.63) is 111 Å². The van der Waals surface area contributed by atoms with Crippen LogP contribution in [0.5, 0.6) is 17.2 Å². The first kappa shape index (κ1) is 23.1. The molecule has 0 spiro atoms. The summed E-state index contributed by atoms with van der Waals surface area (Å²) >= 11 is 0. The highest BCUT2D eigenvalue weighted by Crippen LogP contribution is 2.27. The number of hydrogen-bond acceptors (Lipinski definition) is 7. The molecule has 0 radical (unpaired) electrons. The molecule has 5 rings (SSSR count). The molecule has 7 heteroatoms. The number of rotatable bonds is 4. The highest BCUT2D eigenvalue weighted by Gasteiger charge is 2.18. The second-order valence-electron chi connectivity index (χ2n) is 9.34. The Bertz CT molecular complexity index is 1720. The average molecular weight is 482 g/mol. The SMILES string of the molecule is CC(C)(C)c1ccc(Oc2coc3cc(OC(=O)c4cc5ccccc5oc4=O)ccc3c2=O)cc1. The van der Waals surface area contributed by atoms with Crippen molar-refractivity contribution in [2.45, 2.75) is 26.2 Å². The highest BCUT2D eigenvalue weighted by molar-refractivity contribution is 5.94. The molecule has 2 heterocycles. The lowest BCUT2D eigenvalue weighted by molar-refractivity contribution is 0.0730. The Balaban J connectivity index is 1.38. The number of hydrogen-bond donors (Lipinski definition) is 0. The summed E-state index contributed by atoms with van der Waals surface area (Å²) in [6.07, 6.45) is 1.21. The van der Waals surface area contributed by atoms with Crippen LogP contribution in [0.4, 0.5) is 0 Å². The predicted molar refractivity (Wildman–Crippen MR) is 135 cm³/mol. The standard InChI is InChI=1S/C29H22O7/c1-29(2,3)18-8-10-19(11-9-18)34-25-16-33-24-15-20(12-13-21(24)26(25)30)35-27(31)22-14-17-6-4-5-7-23(17)36-28(22)32/h4-16H,1-3H3. The van der Waals surface area contributed by atoms with Gasteiger partial charge >= 0.3 is 11.6 Å². The van der Waals surface area contributed by atoms with E-state index in [9.17, 15) is 14.4 Å². The van der Waals surface area contributed by atoms with Crippen molar-refractivity contribution >= 4 is 27.9 Å². The van der Waals surface area contributed by atoms with E-state index >= 15 is 0 Å². The largest absolute Gasteiger partial charge is 0.460 e. The lowest BCUT2D eigenvalue weighted by Crippen LogP contribution is -2.18. The number of para-hydroxylation sites is 1. The van der Waals surface area contributed by atoms with Gasteiger partial charge in [0.05, 0.1) is 5.39 Å². The van der Waals surface area contributed by atoms with Crippen LogP contribution in [0.1, 0.15) is 36.7 Å². The van der Waals surface area contributed by atoms with Crippen LogP contribution in [0, 0.1) is 0 Å². The molecule has 5 aromatic rings. The van der Waals surface area contributed by atoms with E-state index in [1.807, 2.05) is 12.1 Å². The minimum Gasteiger partial charge on any atom is -0.460 e. The van der Waals surface area contributed by atoms with Gasteiger partial charge in [0.2, 0.25) is 11.2 Å². The first-order chi connectivity index (χ1) is 17.2. The van der Waals surface area contributed by atoms with Crippen molar-refractivity contribution in [2.75, 3.05) is 0 Å². The maximum Gasteiger partial charge on any atom is 0.351 e. The van der Waals surface area contributed by atoms with Gasteiger partial charge in [-0.2, -0.15) is 0 Å². The summed E-state index contributed by atoms with van der Waals surface area (Å²) in [7, 11) is 0. The molecular weight excluding hydrogens is 460 g/mol. The van der Waals surface area contributed by atoms with Crippen LogP contribution in [-0.4, -0.2) is 5.97 Å². The third-order valence-corrected chi connectivity index (χ3v) is 5.73. The fourth-order valence-electron chi connectivity index (χ4n) is 3.74. The van der Waals surface area contributed by atoms with Crippen molar-refractivity contribution in [3.63, 3.8) is 0 Å². The zero-order chi connectivity index (χ0) is 25.4. The van der Waals surface area contributed by atoms with Crippen LogP contribution in [-0.2, 0) is 5.41 Å². The summed E-state index contributed by atoms with van der Waals surface area (Å²) in [5.41, 5.74) is 0.300. The minimum absolute atomic E-state index is 0.00000743. The van der Waals surface area contributed by atoms with Crippen LogP contribution in [0.25, 0.3) is 21.9 Å². The average Bonchev–Trinajstić information content (AvgIpc) is 2.85. The molecule has 0 N–H and O–H groups in total. The van der Waals surface area contributed by atoms with E-state index in [-0.39, 0.29) is 38.9 Å². The third kappa shape index (κ3) is 4.51. The van der Waals surface area contributed by atoms with Gasteiger partial charge in [0.25, 0.3) is 0 Å². The number of fused-ring (bicyclic) bond motifs is 2. The second-order valence-corrected chi connectivity index (χ2v) is 9.34. The van der Waals surface area contributed by atoms with Gasteiger partial charge in [-0.1, -0.05) is 51.1 Å². The molecule has 0 unspecified atom stereocenters. The first-order valence-corrected chi connectivity index (χ1v) is 11.3. The maximum absolute atomic E-state index is 12.9. The molecule has 0 aliphatic rings. The molecule has 0 aliphatic heterocycles. The number of carbonyl (C=O) groups excluding carboxylic acids is 1. The van der Waals surface area contributed by atoms with Gasteiger partial charge in [-0.05, 0) is 47.4 Å². The van der Waals surface area contributed by atoms with E-state index in [0.29, 0.717) is 16.7 Å². The molecule has 0 saturated heterocycles. The lowest BCUT2D eigenvalue weighted by Gasteiger charge is -2.19. The monoisotopic (exact) mass is 482 g/mol. The molecule has 0 fully saturated rings. The summed E-state index contributed by atoms with van der Waals surface area (Å²) < 4.78 is 21.9. The Labute approximate surface area is 205 Å². The molecule has 36 heavy (non-hydrogen) atoms. The minimum atomic E-state index is -0.880. The zero-order valence-electron chi connectivity index (χ0n) is 19.9. The Morgan fingerprint density at radius 3 is 2.31 bits per heavy atom. The molecule has 7 nitrogen and oxygen atoms in total. The molecule has 0 aliphatic carbocycles. The van der Waals surface area contributed by atoms with E-state index in [2.05, 4.69) is 20.8 Å². The molecule has 0 amide bonds.